The number of sulfonamides is 2. The Labute approximate surface area is 228 Å². The number of hydrogen-bond donors (Lipinski definition) is 2. The van der Waals surface area contributed by atoms with Gasteiger partial charge in [-0.3, -0.25) is 14.2 Å². The van der Waals surface area contributed by atoms with Crippen molar-refractivity contribution in [1.82, 2.24) is 4.90 Å². The third-order valence-corrected chi connectivity index (χ3v) is 9.86. The maximum absolute atomic E-state index is 13.3. The minimum absolute atomic E-state index is 0.00314. The number of rotatable bonds is 8. The summed E-state index contributed by atoms with van der Waals surface area (Å²) in [6.07, 6.45) is 5.89. The highest BCUT2D eigenvalue weighted by Gasteiger charge is 2.24. The van der Waals surface area contributed by atoms with Crippen LogP contribution in [0.3, 0.4) is 0 Å². The molecule has 1 saturated heterocycles. The molecule has 11 heteroatoms. The first-order valence-electron chi connectivity index (χ1n) is 12.3. The number of amides is 1. The second kappa shape index (κ2) is 11.8. The lowest BCUT2D eigenvalue weighted by Gasteiger charge is -2.22. The van der Waals surface area contributed by atoms with Gasteiger partial charge in [-0.25, -0.2) is 16.8 Å². The lowest BCUT2D eigenvalue weighted by molar-refractivity contribution is 0.0758. The summed E-state index contributed by atoms with van der Waals surface area (Å²) in [5.74, 6) is -0.163. The van der Waals surface area contributed by atoms with Gasteiger partial charge in [-0.15, -0.1) is 11.8 Å². The van der Waals surface area contributed by atoms with Crippen LogP contribution in [0.5, 0.6) is 0 Å². The Balaban J connectivity index is 1.53. The number of thioether (sulfide) groups is 1. The Morgan fingerprint density at radius 3 is 2.00 bits per heavy atom. The molecule has 1 fully saturated rings. The van der Waals surface area contributed by atoms with Crippen molar-refractivity contribution < 1.29 is 21.6 Å². The van der Waals surface area contributed by atoms with Crippen LogP contribution >= 0.6 is 11.8 Å². The summed E-state index contributed by atoms with van der Waals surface area (Å²) in [4.78, 5) is 15.8. The smallest absolute Gasteiger partial charge is 0.261 e. The van der Waals surface area contributed by atoms with E-state index in [4.69, 9.17) is 0 Å². The zero-order valence-electron chi connectivity index (χ0n) is 21.3. The molecule has 1 heterocycles. The number of anilines is 2. The highest BCUT2D eigenvalue weighted by Crippen LogP contribution is 2.28. The highest BCUT2D eigenvalue weighted by atomic mass is 32.2. The predicted molar refractivity (Wildman–Crippen MR) is 152 cm³/mol. The van der Waals surface area contributed by atoms with E-state index in [-0.39, 0.29) is 21.4 Å². The number of aryl methyl sites for hydroxylation is 1. The first-order chi connectivity index (χ1) is 18.1. The largest absolute Gasteiger partial charge is 0.339 e. The predicted octanol–water partition coefficient (Wildman–Crippen LogP) is 5.33. The quantitative estimate of drug-likeness (QED) is 0.352. The number of nitrogens with one attached hydrogen (secondary N) is 2. The molecule has 0 atom stereocenters. The molecule has 0 spiro atoms. The van der Waals surface area contributed by atoms with Crippen LogP contribution in [-0.4, -0.2) is 47.0 Å². The number of nitrogens with zero attached hydrogens (tertiary/aromatic N) is 1. The normalized spacial score (nSPS) is 14.5. The molecule has 1 amide bonds. The molecular formula is C27H31N3O5S3. The third-order valence-electron chi connectivity index (χ3n) is 6.29. The minimum Gasteiger partial charge on any atom is -0.339 e. The van der Waals surface area contributed by atoms with Gasteiger partial charge in [0.05, 0.1) is 15.4 Å². The number of benzene rings is 3. The maximum atomic E-state index is 13.3. The van der Waals surface area contributed by atoms with Gasteiger partial charge in [0.25, 0.3) is 26.0 Å². The molecule has 0 radical (unpaired) electrons. The minimum atomic E-state index is -4.03. The van der Waals surface area contributed by atoms with Crippen LogP contribution in [0.1, 0.15) is 41.6 Å². The van der Waals surface area contributed by atoms with Crippen molar-refractivity contribution in [2.45, 2.75) is 47.3 Å². The molecule has 38 heavy (non-hydrogen) atoms. The van der Waals surface area contributed by atoms with Crippen molar-refractivity contribution in [3.8, 4) is 0 Å². The monoisotopic (exact) mass is 573 g/mol. The van der Waals surface area contributed by atoms with E-state index in [1.807, 2.05) is 19.2 Å². The summed E-state index contributed by atoms with van der Waals surface area (Å²) in [6, 6.07) is 17.0. The fourth-order valence-electron chi connectivity index (χ4n) is 4.30. The molecule has 2 N–H and O–H groups in total. The molecule has 0 saturated carbocycles. The van der Waals surface area contributed by atoms with Gasteiger partial charge in [0.1, 0.15) is 0 Å². The first kappa shape index (κ1) is 28.0. The Morgan fingerprint density at radius 2 is 1.37 bits per heavy atom. The Hall–Kier alpha value is -3.02. The molecule has 8 nitrogen and oxygen atoms in total. The molecule has 4 rings (SSSR count). The van der Waals surface area contributed by atoms with Crippen molar-refractivity contribution in [1.29, 1.82) is 0 Å². The van der Waals surface area contributed by atoms with Crippen molar-refractivity contribution in [2.75, 3.05) is 28.8 Å². The molecule has 0 unspecified atom stereocenters. The van der Waals surface area contributed by atoms with E-state index in [0.717, 1.165) is 31.2 Å². The molecule has 1 aliphatic rings. The summed E-state index contributed by atoms with van der Waals surface area (Å²) < 4.78 is 56.9. The van der Waals surface area contributed by atoms with Gasteiger partial charge in [-0.1, -0.05) is 25.0 Å². The van der Waals surface area contributed by atoms with Gasteiger partial charge in [-0.2, -0.15) is 0 Å². The highest BCUT2D eigenvalue weighted by molar-refractivity contribution is 7.98. The van der Waals surface area contributed by atoms with Gasteiger partial charge in [0.15, 0.2) is 0 Å². The van der Waals surface area contributed by atoms with Crippen molar-refractivity contribution in [3.05, 3.63) is 77.9 Å². The zero-order valence-corrected chi connectivity index (χ0v) is 23.8. The van der Waals surface area contributed by atoms with E-state index in [1.165, 1.54) is 48.2 Å². The van der Waals surface area contributed by atoms with Gasteiger partial charge >= 0.3 is 0 Å². The Kier molecular flexibility index (Phi) is 8.69. The van der Waals surface area contributed by atoms with Crippen LogP contribution in [0, 0.1) is 6.92 Å². The molecule has 202 valence electrons. The van der Waals surface area contributed by atoms with E-state index in [0.29, 0.717) is 29.2 Å². The lowest BCUT2D eigenvalue weighted by atomic mass is 10.2. The van der Waals surface area contributed by atoms with E-state index in [2.05, 4.69) is 9.44 Å². The maximum Gasteiger partial charge on any atom is 0.261 e. The summed E-state index contributed by atoms with van der Waals surface area (Å²) in [7, 11) is -7.88. The molecule has 0 aromatic heterocycles. The SMILES string of the molecule is CSc1ccc(S(=O)(=O)Nc2ccc(S(=O)(=O)Nc3cccc(C)c3)cc2)cc1C(=O)N1CCCCCC1. The van der Waals surface area contributed by atoms with Crippen LogP contribution in [0.2, 0.25) is 0 Å². The molecule has 0 bridgehead atoms. The fourth-order valence-corrected chi connectivity index (χ4v) is 7.01. The zero-order chi connectivity index (χ0) is 27.3. The van der Waals surface area contributed by atoms with E-state index in [1.54, 1.807) is 29.2 Å². The topological polar surface area (TPSA) is 113 Å². The first-order valence-corrected chi connectivity index (χ1v) is 16.5. The van der Waals surface area contributed by atoms with Crippen molar-refractivity contribution >= 4 is 49.1 Å². The second-order valence-electron chi connectivity index (χ2n) is 9.17. The lowest BCUT2D eigenvalue weighted by Crippen LogP contribution is -2.32. The standard InChI is InChI=1S/C27H31N3O5S3/c1-20-8-7-9-22(18-20)29-37(32,33)23-12-10-21(11-13-23)28-38(34,35)24-14-15-26(36-2)25(19-24)27(31)30-16-5-3-4-6-17-30/h7-15,18-19,28-29H,3-6,16-17H2,1-2H3. The number of carbonyl (C=O) groups excluding carboxylic acids is 1. The van der Waals surface area contributed by atoms with Crippen molar-refractivity contribution in [2.24, 2.45) is 0 Å². The molecule has 0 aliphatic carbocycles. The van der Waals surface area contributed by atoms with Crippen LogP contribution in [0.25, 0.3) is 0 Å². The second-order valence-corrected chi connectivity index (χ2v) is 13.4. The summed E-state index contributed by atoms with van der Waals surface area (Å²) in [5, 5.41) is 0. The van der Waals surface area contributed by atoms with Crippen LogP contribution in [-0.2, 0) is 20.0 Å². The van der Waals surface area contributed by atoms with E-state index < -0.39 is 20.0 Å². The summed E-state index contributed by atoms with van der Waals surface area (Å²) >= 11 is 1.40. The summed E-state index contributed by atoms with van der Waals surface area (Å²) in [5.41, 5.74) is 1.92. The van der Waals surface area contributed by atoms with E-state index in [9.17, 15) is 21.6 Å². The van der Waals surface area contributed by atoms with Gasteiger partial charge in [0.2, 0.25) is 0 Å². The van der Waals surface area contributed by atoms with Gasteiger partial charge < -0.3 is 4.90 Å². The molecule has 3 aromatic rings. The Morgan fingerprint density at radius 1 is 0.763 bits per heavy atom. The Bertz CT molecular complexity index is 1510. The molecule has 3 aromatic carbocycles. The van der Waals surface area contributed by atoms with Gasteiger partial charge in [-0.05, 0) is 86.2 Å². The van der Waals surface area contributed by atoms with Crippen LogP contribution < -0.4 is 9.44 Å². The average molecular weight is 574 g/mol. The van der Waals surface area contributed by atoms with Crippen LogP contribution in [0.4, 0.5) is 11.4 Å². The number of hydrogen-bond acceptors (Lipinski definition) is 6. The van der Waals surface area contributed by atoms with Crippen LogP contribution in [0.15, 0.2) is 81.4 Å². The average Bonchev–Trinajstić information content (AvgIpc) is 3.17. The number of carbonyl (C=O) groups is 1. The van der Waals surface area contributed by atoms with Crippen molar-refractivity contribution in [3.63, 3.8) is 0 Å². The molecular weight excluding hydrogens is 543 g/mol. The van der Waals surface area contributed by atoms with E-state index >= 15 is 0 Å². The number of likely N-dealkylation sites (tertiary alicyclic amines) is 1. The van der Waals surface area contributed by atoms with Gasteiger partial charge in [0, 0.05) is 29.4 Å². The summed E-state index contributed by atoms with van der Waals surface area (Å²) in [6.45, 7) is 3.19. The fraction of sp³-hybridized carbons (Fsp3) is 0.296. The third kappa shape index (κ3) is 6.69. The molecule has 1 aliphatic heterocycles.